The zero-order chi connectivity index (χ0) is 13.1. The first-order chi connectivity index (χ1) is 9.36. The molecule has 0 spiro atoms. The van der Waals surface area contributed by atoms with Crippen molar-refractivity contribution in [2.45, 2.75) is 18.9 Å². The third-order valence-corrected chi connectivity index (χ3v) is 3.50. The molecule has 4 heteroatoms. The molecule has 0 radical (unpaired) electrons. The minimum atomic E-state index is 0.443. The first-order valence-electron chi connectivity index (χ1n) is 6.55. The topological polar surface area (TPSA) is 47.0 Å². The van der Waals surface area contributed by atoms with Crippen LogP contribution in [0.5, 0.6) is 5.88 Å². The molecule has 1 saturated heterocycles. The summed E-state index contributed by atoms with van der Waals surface area (Å²) in [6.45, 7) is 1.10. The Labute approximate surface area is 112 Å². The highest BCUT2D eigenvalue weighted by atomic mass is 16.5. The van der Waals surface area contributed by atoms with Crippen LogP contribution in [-0.4, -0.2) is 23.6 Å². The second kappa shape index (κ2) is 5.36. The molecule has 0 bridgehead atoms. The third kappa shape index (κ3) is 2.58. The molecule has 1 aliphatic heterocycles. The van der Waals surface area contributed by atoms with E-state index >= 15 is 0 Å². The summed E-state index contributed by atoms with van der Waals surface area (Å²) < 4.78 is 5.07. The Hall–Kier alpha value is -1.94. The minimum absolute atomic E-state index is 0.443. The lowest BCUT2D eigenvalue weighted by Crippen LogP contribution is -2.13. The largest absolute Gasteiger partial charge is 0.481 e. The zero-order valence-electron chi connectivity index (χ0n) is 11.0. The molecule has 1 atom stereocenters. The molecule has 1 aliphatic rings. The summed E-state index contributed by atoms with van der Waals surface area (Å²) in [4.78, 5) is 8.58. The van der Waals surface area contributed by atoms with Crippen molar-refractivity contribution >= 4 is 0 Å². The van der Waals surface area contributed by atoms with E-state index in [2.05, 4.69) is 21.4 Å². The summed E-state index contributed by atoms with van der Waals surface area (Å²) in [7, 11) is 1.62. The van der Waals surface area contributed by atoms with Gasteiger partial charge in [0, 0.05) is 41.8 Å². The summed E-state index contributed by atoms with van der Waals surface area (Å²) in [5, 5.41) is 3.49. The highest BCUT2D eigenvalue weighted by Gasteiger charge is 2.16. The van der Waals surface area contributed by atoms with Crippen molar-refractivity contribution in [3.05, 3.63) is 42.4 Å². The fourth-order valence-corrected chi connectivity index (χ4v) is 2.45. The molecule has 4 nitrogen and oxygen atoms in total. The van der Waals surface area contributed by atoms with Crippen molar-refractivity contribution in [3.8, 4) is 17.0 Å². The molecule has 2 aromatic heterocycles. The van der Waals surface area contributed by atoms with Gasteiger partial charge < -0.3 is 10.1 Å². The molecule has 1 N–H and O–H groups in total. The van der Waals surface area contributed by atoms with Crippen LogP contribution < -0.4 is 10.1 Å². The standard InChI is InChI=1S/C15H17N3O/c1-19-15-5-4-11(10-18-15)12-7-13(9-16-8-12)14-3-2-6-17-14/h4-5,7-10,14,17H,2-3,6H2,1H3. The van der Waals surface area contributed by atoms with Crippen LogP contribution in [0.2, 0.25) is 0 Å². The average Bonchev–Trinajstić information content (AvgIpc) is 3.02. The molecule has 0 aromatic carbocycles. The molecule has 98 valence electrons. The van der Waals surface area contributed by atoms with Gasteiger partial charge in [-0.3, -0.25) is 4.98 Å². The number of hydrogen-bond donors (Lipinski definition) is 1. The van der Waals surface area contributed by atoms with Gasteiger partial charge in [-0.25, -0.2) is 4.98 Å². The van der Waals surface area contributed by atoms with Crippen LogP contribution in [0.4, 0.5) is 0 Å². The van der Waals surface area contributed by atoms with E-state index in [0.29, 0.717) is 11.9 Å². The van der Waals surface area contributed by atoms with Gasteiger partial charge in [-0.1, -0.05) is 0 Å². The Bertz CT molecular complexity index is 548. The Morgan fingerprint density at radius 2 is 2.16 bits per heavy atom. The number of methoxy groups -OCH3 is 1. The zero-order valence-corrected chi connectivity index (χ0v) is 11.0. The molecule has 0 saturated carbocycles. The molecule has 19 heavy (non-hydrogen) atoms. The van der Waals surface area contributed by atoms with Crippen molar-refractivity contribution in [2.75, 3.05) is 13.7 Å². The Morgan fingerprint density at radius 1 is 1.21 bits per heavy atom. The molecule has 2 aromatic rings. The second-order valence-corrected chi connectivity index (χ2v) is 4.75. The number of aromatic nitrogens is 2. The summed E-state index contributed by atoms with van der Waals surface area (Å²) in [6, 6.07) is 6.52. The van der Waals surface area contributed by atoms with Gasteiger partial charge >= 0.3 is 0 Å². The van der Waals surface area contributed by atoms with Crippen molar-refractivity contribution in [2.24, 2.45) is 0 Å². The maximum atomic E-state index is 5.07. The molecular weight excluding hydrogens is 238 g/mol. The average molecular weight is 255 g/mol. The Balaban J connectivity index is 1.89. The summed E-state index contributed by atoms with van der Waals surface area (Å²) in [5.74, 6) is 0.630. The van der Waals surface area contributed by atoms with Crippen LogP contribution >= 0.6 is 0 Å². The van der Waals surface area contributed by atoms with Crippen LogP contribution in [0.1, 0.15) is 24.4 Å². The van der Waals surface area contributed by atoms with E-state index in [4.69, 9.17) is 4.74 Å². The van der Waals surface area contributed by atoms with Crippen molar-refractivity contribution in [1.82, 2.24) is 15.3 Å². The minimum Gasteiger partial charge on any atom is -0.481 e. The molecule has 3 heterocycles. The van der Waals surface area contributed by atoms with Gasteiger partial charge in [-0.05, 0) is 37.1 Å². The monoisotopic (exact) mass is 255 g/mol. The van der Waals surface area contributed by atoms with E-state index in [1.807, 2.05) is 30.7 Å². The normalized spacial score (nSPS) is 18.5. The van der Waals surface area contributed by atoms with Crippen LogP contribution in [-0.2, 0) is 0 Å². The first-order valence-corrected chi connectivity index (χ1v) is 6.55. The van der Waals surface area contributed by atoms with Crippen LogP contribution in [0, 0.1) is 0 Å². The predicted octanol–water partition coefficient (Wildman–Crippen LogP) is 2.58. The molecule has 0 amide bonds. The SMILES string of the molecule is COc1ccc(-c2cncc(C3CCCN3)c2)cn1. The fourth-order valence-electron chi connectivity index (χ4n) is 2.45. The molecule has 3 rings (SSSR count). The van der Waals surface area contributed by atoms with Gasteiger partial charge in [-0.15, -0.1) is 0 Å². The number of nitrogens with zero attached hydrogens (tertiary/aromatic N) is 2. The van der Waals surface area contributed by atoms with Gasteiger partial charge in [0.1, 0.15) is 0 Å². The van der Waals surface area contributed by atoms with Gasteiger partial charge in [0.15, 0.2) is 0 Å². The van der Waals surface area contributed by atoms with Gasteiger partial charge in [0.05, 0.1) is 7.11 Å². The smallest absolute Gasteiger partial charge is 0.212 e. The second-order valence-electron chi connectivity index (χ2n) is 4.75. The number of nitrogens with one attached hydrogen (secondary N) is 1. The van der Waals surface area contributed by atoms with E-state index < -0.39 is 0 Å². The van der Waals surface area contributed by atoms with Crippen molar-refractivity contribution < 1.29 is 4.74 Å². The predicted molar refractivity (Wildman–Crippen MR) is 74.0 cm³/mol. The fraction of sp³-hybridized carbons (Fsp3) is 0.333. The van der Waals surface area contributed by atoms with Crippen LogP contribution in [0.15, 0.2) is 36.8 Å². The number of hydrogen-bond acceptors (Lipinski definition) is 4. The van der Waals surface area contributed by atoms with E-state index in [0.717, 1.165) is 17.7 Å². The van der Waals surface area contributed by atoms with Crippen molar-refractivity contribution in [1.29, 1.82) is 0 Å². The van der Waals surface area contributed by atoms with Crippen molar-refractivity contribution in [3.63, 3.8) is 0 Å². The summed E-state index contributed by atoms with van der Waals surface area (Å²) in [6.07, 6.45) is 8.07. The highest BCUT2D eigenvalue weighted by molar-refractivity contribution is 5.62. The van der Waals surface area contributed by atoms with E-state index in [1.165, 1.54) is 18.4 Å². The van der Waals surface area contributed by atoms with Crippen LogP contribution in [0.25, 0.3) is 11.1 Å². The Morgan fingerprint density at radius 3 is 2.84 bits per heavy atom. The summed E-state index contributed by atoms with van der Waals surface area (Å²) >= 11 is 0. The number of ether oxygens (including phenoxy) is 1. The first kappa shape index (κ1) is 12.1. The van der Waals surface area contributed by atoms with E-state index in [-0.39, 0.29) is 0 Å². The molecular formula is C15H17N3O. The quantitative estimate of drug-likeness (QED) is 0.915. The van der Waals surface area contributed by atoms with Gasteiger partial charge in [0.25, 0.3) is 0 Å². The number of pyridine rings is 2. The van der Waals surface area contributed by atoms with E-state index in [9.17, 15) is 0 Å². The van der Waals surface area contributed by atoms with Gasteiger partial charge in [-0.2, -0.15) is 0 Å². The number of rotatable bonds is 3. The third-order valence-electron chi connectivity index (χ3n) is 3.50. The maximum Gasteiger partial charge on any atom is 0.212 e. The maximum absolute atomic E-state index is 5.07. The lowest BCUT2D eigenvalue weighted by atomic mass is 10.0. The Kier molecular flexibility index (Phi) is 3.42. The van der Waals surface area contributed by atoms with E-state index in [1.54, 1.807) is 7.11 Å². The van der Waals surface area contributed by atoms with Gasteiger partial charge in [0.2, 0.25) is 5.88 Å². The van der Waals surface area contributed by atoms with Crippen LogP contribution in [0.3, 0.4) is 0 Å². The molecule has 0 aliphatic carbocycles. The molecule has 1 unspecified atom stereocenters. The summed E-state index contributed by atoms with van der Waals surface area (Å²) in [5.41, 5.74) is 3.42. The lowest BCUT2D eigenvalue weighted by molar-refractivity contribution is 0.398. The lowest BCUT2D eigenvalue weighted by Gasteiger charge is -2.11. The highest BCUT2D eigenvalue weighted by Crippen LogP contribution is 2.26. The molecule has 1 fully saturated rings.